The van der Waals surface area contributed by atoms with Crippen molar-refractivity contribution in [2.45, 2.75) is 0 Å². The van der Waals surface area contributed by atoms with E-state index in [-0.39, 0.29) is 0 Å². The fraction of sp³-hybridized carbons (Fsp3) is 0. The van der Waals surface area contributed by atoms with Crippen LogP contribution >= 0.6 is 12.2 Å². The van der Waals surface area contributed by atoms with Crippen molar-refractivity contribution in [3.8, 4) is 17.1 Å². The predicted molar refractivity (Wildman–Crippen MR) is 67.6 cm³/mol. The summed E-state index contributed by atoms with van der Waals surface area (Å²) in [5.74, 6) is 0.683. The lowest BCUT2D eigenvalue weighted by molar-refractivity contribution is 0.994. The van der Waals surface area contributed by atoms with E-state index in [1.54, 1.807) is 29.4 Å². The zero-order chi connectivity index (χ0) is 12.4. The van der Waals surface area contributed by atoms with Gasteiger partial charge in [0.05, 0.1) is 18.1 Å². The first-order valence-electron chi connectivity index (χ1n) is 5.19. The highest BCUT2D eigenvalue weighted by Crippen LogP contribution is 2.19. The molecular weight excluding hydrogens is 248 g/mol. The van der Waals surface area contributed by atoms with Crippen molar-refractivity contribution in [1.82, 2.24) is 29.7 Å². The monoisotopic (exact) mass is 256 g/mol. The summed E-state index contributed by atoms with van der Waals surface area (Å²) in [6.07, 6.45) is 8.26. The van der Waals surface area contributed by atoms with Gasteiger partial charge in [-0.05, 0) is 24.4 Å². The number of rotatable bonds is 2. The summed E-state index contributed by atoms with van der Waals surface area (Å²) < 4.78 is 2.26. The quantitative estimate of drug-likeness (QED) is 0.707. The molecule has 0 bridgehead atoms. The fourth-order valence-electron chi connectivity index (χ4n) is 1.63. The molecule has 0 amide bonds. The van der Waals surface area contributed by atoms with Gasteiger partial charge in [-0.2, -0.15) is 5.10 Å². The molecule has 0 aliphatic rings. The van der Waals surface area contributed by atoms with Gasteiger partial charge in [0.25, 0.3) is 0 Å². The highest BCUT2D eigenvalue weighted by molar-refractivity contribution is 7.71. The van der Waals surface area contributed by atoms with E-state index in [1.165, 1.54) is 6.33 Å². The van der Waals surface area contributed by atoms with Crippen LogP contribution in [0.5, 0.6) is 0 Å². The first kappa shape index (κ1) is 10.7. The molecule has 7 heteroatoms. The Bertz CT molecular complexity index is 703. The largest absolute Gasteiger partial charge is 0.265 e. The summed E-state index contributed by atoms with van der Waals surface area (Å²) in [6, 6.07) is 3.76. The maximum absolute atomic E-state index is 5.22. The van der Waals surface area contributed by atoms with E-state index < -0.39 is 0 Å². The number of nitrogens with zero attached hydrogens (tertiary/aromatic N) is 5. The van der Waals surface area contributed by atoms with Crippen molar-refractivity contribution in [3.63, 3.8) is 0 Å². The molecule has 1 N–H and O–H groups in total. The molecule has 0 spiro atoms. The summed E-state index contributed by atoms with van der Waals surface area (Å²) in [5, 5.41) is 6.98. The topological polar surface area (TPSA) is 72.3 Å². The van der Waals surface area contributed by atoms with Crippen LogP contribution in [0.15, 0.2) is 43.2 Å². The lowest BCUT2D eigenvalue weighted by Crippen LogP contribution is -1.99. The molecule has 6 nitrogen and oxygen atoms in total. The SMILES string of the molecule is S=c1[nH]nc(-c2cccnc2)n1-c1cncnc1. The average molecular weight is 256 g/mol. The van der Waals surface area contributed by atoms with E-state index in [4.69, 9.17) is 12.2 Å². The summed E-state index contributed by atoms with van der Waals surface area (Å²) in [4.78, 5) is 12.0. The maximum Gasteiger partial charge on any atom is 0.200 e. The van der Waals surface area contributed by atoms with Crippen LogP contribution in [0.25, 0.3) is 17.1 Å². The van der Waals surface area contributed by atoms with Crippen LogP contribution in [0.1, 0.15) is 0 Å². The van der Waals surface area contributed by atoms with Gasteiger partial charge in [-0.15, -0.1) is 0 Å². The maximum atomic E-state index is 5.22. The van der Waals surface area contributed by atoms with Gasteiger partial charge in [0.1, 0.15) is 6.33 Å². The Kier molecular flexibility index (Phi) is 2.66. The van der Waals surface area contributed by atoms with E-state index >= 15 is 0 Å². The Morgan fingerprint density at radius 2 is 1.94 bits per heavy atom. The van der Waals surface area contributed by atoms with E-state index in [2.05, 4.69) is 25.1 Å². The first-order chi connectivity index (χ1) is 8.86. The van der Waals surface area contributed by atoms with Gasteiger partial charge in [-0.3, -0.25) is 14.6 Å². The van der Waals surface area contributed by atoms with Gasteiger partial charge in [-0.1, -0.05) is 0 Å². The molecule has 18 heavy (non-hydrogen) atoms. The minimum absolute atomic E-state index is 0.489. The van der Waals surface area contributed by atoms with Crippen molar-refractivity contribution in [2.24, 2.45) is 0 Å². The van der Waals surface area contributed by atoms with Crippen molar-refractivity contribution >= 4 is 12.2 Å². The molecule has 3 rings (SSSR count). The fourth-order valence-corrected chi connectivity index (χ4v) is 1.87. The van der Waals surface area contributed by atoms with Crippen molar-refractivity contribution in [1.29, 1.82) is 0 Å². The number of pyridine rings is 1. The van der Waals surface area contributed by atoms with Gasteiger partial charge < -0.3 is 0 Å². The van der Waals surface area contributed by atoms with Gasteiger partial charge in [0.15, 0.2) is 10.6 Å². The van der Waals surface area contributed by atoms with E-state index in [0.29, 0.717) is 10.6 Å². The summed E-state index contributed by atoms with van der Waals surface area (Å²) in [5.41, 5.74) is 1.63. The molecule has 0 fully saturated rings. The molecule has 0 saturated carbocycles. The molecule has 3 aromatic heterocycles. The molecule has 3 heterocycles. The molecule has 88 valence electrons. The second-order valence-electron chi connectivity index (χ2n) is 3.53. The molecule has 0 atom stereocenters. The second-order valence-corrected chi connectivity index (χ2v) is 3.91. The minimum Gasteiger partial charge on any atom is -0.265 e. The van der Waals surface area contributed by atoms with Crippen LogP contribution in [-0.2, 0) is 0 Å². The summed E-state index contributed by atoms with van der Waals surface area (Å²) in [6.45, 7) is 0. The van der Waals surface area contributed by atoms with Crippen LogP contribution in [-0.4, -0.2) is 29.7 Å². The van der Waals surface area contributed by atoms with Crippen molar-refractivity contribution < 1.29 is 0 Å². The van der Waals surface area contributed by atoms with Gasteiger partial charge in [0, 0.05) is 18.0 Å². The van der Waals surface area contributed by atoms with Crippen LogP contribution < -0.4 is 0 Å². The lowest BCUT2D eigenvalue weighted by atomic mass is 10.2. The Labute approximate surface area is 107 Å². The zero-order valence-corrected chi connectivity index (χ0v) is 10.0. The third kappa shape index (κ3) is 1.80. The average Bonchev–Trinajstić information content (AvgIpc) is 2.83. The molecule has 0 unspecified atom stereocenters. The summed E-state index contributed by atoms with van der Waals surface area (Å²) >= 11 is 5.22. The molecule has 0 aromatic carbocycles. The molecule has 0 aliphatic carbocycles. The van der Waals surface area contributed by atoms with E-state index in [0.717, 1.165) is 11.3 Å². The number of hydrogen-bond acceptors (Lipinski definition) is 5. The minimum atomic E-state index is 0.489. The highest BCUT2D eigenvalue weighted by atomic mass is 32.1. The standard InChI is InChI=1S/C11H8N6S/c18-11-16-15-10(8-2-1-3-12-4-8)17(11)9-5-13-7-14-6-9/h1-7H,(H,16,18). The number of aromatic nitrogens is 6. The third-order valence-corrected chi connectivity index (χ3v) is 2.67. The number of nitrogens with one attached hydrogen (secondary N) is 1. The number of hydrogen-bond donors (Lipinski definition) is 1. The van der Waals surface area contributed by atoms with E-state index in [1.807, 2.05) is 12.1 Å². The zero-order valence-electron chi connectivity index (χ0n) is 9.19. The van der Waals surface area contributed by atoms with Crippen LogP contribution in [0.3, 0.4) is 0 Å². The van der Waals surface area contributed by atoms with Crippen LogP contribution in [0, 0.1) is 4.77 Å². The van der Waals surface area contributed by atoms with Gasteiger partial charge in [-0.25, -0.2) is 9.97 Å². The Morgan fingerprint density at radius 3 is 2.67 bits per heavy atom. The first-order valence-corrected chi connectivity index (χ1v) is 5.60. The third-order valence-electron chi connectivity index (χ3n) is 2.40. The smallest absolute Gasteiger partial charge is 0.200 e. The lowest BCUT2D eigenvalue weighted by Gasteiger charge is -2.04. The molecule has 0 saturated heterocycles. The Morgan fingerprint density at radius 1 is 1.11 bits per heavy atom. The van der Waals surface area contributed by atoms with Crippen LogP contribution in [0.4, 0.5) is 0 Å². The van der Waals surface area contributed by atoms with Crippen molar-refractivity contribution in [3.05, 3.63) is 48.0 Å². The van der Waals surface area contributed by atoms with Crippen molar-refractivity contribution in [2.75, 3.05) is 0 Å². The Balaban J connectivity index is 2.23. The second kappa shape index (κ2) is 4.46. The molecule has 0 aliphatic heterocycles. The van der Waals surface area contributed by atoms with Gasteiger partial charge in [0.2, 0.25) is 0 Å². The Hall–Kier alpha value is -2.41. The summed E-state index contributed by atoms with van der Waals surface area (Å²) in [7, 11) is 0. The number of H-pyrrole nitrogens is 1. The predicted octanol–water partition coefficient (Wildman–Crippen LogP) is 1.78. The highest BCUT2D eigenvalue weighted by Gasteiger charge is 2.10. The number of aromatic amines is 1. The van der Waals surface area contributed by atoms with Gasteiger partial charge >= 0.3 is 0 Å². The molecule has 3 aromatic rings. The van der Waals surface area contributed by atoms with E-state index in [9.17, 15) is 0 Å². The molecule has 0 radical (unpaired) electrons. The van der Waals surface area contributed by atoms with Crippen LogP contribution in [0.2, 0.25) is 0 Å². The normalized spacial score (nSPS) is 10.4. The molecular formula is C11H8N6S.